The highest BCUT2D eigenvalue weighted by Crippen LogP contribution is 2.27. The molecule has 3 rings (SSSR count). The Balaban J connectivity index is 1.68. The third-order valence-electron chi connectivity index (χ3n) is 6.37. The molecule has 0 aliphatic rings. The van der Waals surface area contributed by atoms with E-state index in [9.17, 15) is 14.7 Å². The highest BCUT2D eigenvalue weighted by molar-refractivity contribution is 6.32. The maximum Gasteiger partial charge on any atom is 0.251 e. The molecule has 0 radical (unpaired) electrons. The molecule has 0 bridgehead atoms. The molecule has 2 N–H and O–H groups in total. The molecule has 0 aliphatic heterocycles. The summed E-state index contributed by atoms with van der Waals surface area (Å²) in [6, 6.07) is 12.7. The van der Waals surface area contributed by atoms with Gasteiger partial charge in [-0.25, -0.2) is 10.0 Å². The predicted molar refractivity (Wildman–Crippen MR) is 155 cm³/mol. The maximum atomic E-state index is 12.9. The van der Waals surface area contributed by atoms with Gasteiger partial charge < -0.3 is 19.7 Å². The number of carbonyl (C=O) groups excluding carboxylic acids is 2. The normalized spacial score (nSPS) is 12.7. The number of ether oxygens (including phenoxy) is 1. The Morgan fingerprint density at radius 2 is 1.93 bits per heavy atom. The lowest BCUT2D eigenvalue weighted by Gasteiger charge is -2.19. The van der Waals surface area contributed by atoms with Crippen LogP contribution >= 0.6 is 11.6 Å². The quantitative estimate of drug-likeness (QED) is 0.200. The summed E-state index contributed by atoms with van der Waals surface area (Å²) in [4.78, 5) is 34.0. The number of hydrogen-bond acceptors (Lipinski definition) is 6. The molecule has 0 spiro atoms. The monoisotopic (exact) mass is 570 g/mol. The summed E-state index contributed by atoms with van der Waals surface area (Å²) in [6.07, 6.45) is 3.59. The molecule has 0 unspecified atom stereocenters. The minimum Gasteiger partial charge on any atom is -0.489 e. The molecule has 2 aromatic carbocycles. The first kappa shape index (κ1) is 31.1. The van der Waals surface area contributed by atoms with Gasteiger partial charge >= 0.3 is 0 Å². The number of aryl methyl sites for hydroxylation is 1. The fourth-order valence-electron chi connectivity index (χ4n) is 4.29. The number of aromatic nitrogens is 2. The smallest absolute Gasteiger partial charge is 0.251 e. The van der Waals surface area contributed by atoms with Gasteiger partial charge in [0.1, 0.15) is 11.6 Å². The Kier molecular flexibility index (Phi) is 11.5. The molecule has 2 atom stereocenters. The molecular weight excluding hydrogens is 532 g/mol. The zero-order valence-electron chi connectivity index (χ0n) is 23.8. The average Bonchev–Trinajstić information content (AvgIpc) is 3.37. The van der Waals surface area contributed by atoms with Crippen LogP contribution in [0.2, 0.25) is 5.02 Å². The van der Waals surface area contributed by atoms with Crippen LogP contribution in [0.1, 0.15) is 61.8 Å². The van der Waals surface area contributed by atoms with E-state index >= 15 is 0 Å². The van der Waals surface area contributed by atoms with Crippen LogP contribution in [0.15, 0.2) is 48.7 Å². The van der Waals surface area contributed by atoms with Crippen LogP contribution in [0.25, 0.3) is 11.3 Å². The largest absolute Gasteiger partial charge is 0.489 e. The van der Waals surface area contributed by atoms with Gasteiger partial charge in [0.05, 0.1) is 23.4 Å². The van der Waals surface area contributed by atoms with Gasteiger partial charge in [-0.15, -0.1) is 0 Å². The number of rotatable bonds is 15. The molecular formula is C30H39ClN4O5. The zero-order chi connectivity index (χ0) is 29.2. The van der Waals surface area contributed by atoms with Gasteiger partial charge in [-0.2, -0.15) is 0 Å². The highest BCUT2D eigenvalue weighted by atomic mass is 35.5. The SMILES string of the molecule is CCn1cc(-c2ccc(C[C@@H](CCO)NC(=O)c3ccc(OC(C)C)c(Cl)c3)cc2)nc1[C@@H](C)CON(C)C=O. The lowest BCUT2D eigenvalue weighted by molar-refractivity contribution is -0.165. The maximum absolute atomic E-state index is 12.9. The van der Waals surface area contributed by atoms with E-state index in [1.54, 1.807) is 25.2 Å². The second-order valence-electron chi connectivity index (χ2n) is 10.0. The number of carbonyl (C=O) groups is 2. The predicted octanol–water partition coefficient (Wildman–Crippen LogP) is 4.86. The minimum absolute atomic E-state index is 0.00737. The summed E-state index contributed by atoms with van der Waals surface area (Å²) in [5.74, 6) is 1.15. The van der Waals surface area contributed by atoms with Crippen molar-refractivity contribution in [3.05, 3.63) is 70.6 Å². The van der Waals surface area contributed by atoms with Crippen molar-refractivity contribution in [1.82, 2.24) is 19.9 Å². The van der Waals surface area contributed by atoms with Crippen molar-refractivity contribution in [2.75, 3.05) is 20.3 Å². The molecule has 3 aromatic rings. The van der Waals surface area contributed by atoms with Crippen molar-refractivity contribution in [1.29, 1.82) is 0 Å². The van der Waals surface area contributed by atoms with E-state index in [2.05, 4.69) is 16.8 Å². The Morgan fingerprint density at radius 1 is 1.20 bits per heavy atom. The van der Waals surface area contributed by atoms with Crippen molar-refractivity contribution in [3.63, 3.8) is 0 Å². The van der Waals surface area contributed by atoms with Gasteiger partial charge in [-0.05, 0) is 57.4 Å². The number of aliphatic hydroxyl groups is 1. The number of imidazole rings is 1. The van der Waals surface area contributed by atoms with E-state index in [1.165, 1.54) is 0 Å². The lowest BCUT2D eigenvalue weighted by atomic mass is 10.0. The van der Waals surface area contributed by atoms with Crippen LogP contribution in [-0.4, -0.2) is 64.4 Å². The number of halogens is 1. The van der Waals surface area contributed by atoms with Crippen molar-refractivity contribution in [2.45, 2.75) is 65.1 Å². The molecule has 0 saturated carbocycles. The highest BCUT2D eigenvalue weighted by Gasteiger charge is 2.18. The second-order valence-corrected chi connectivity index (χ2v) is 10.4. The summed E-state index contributed by atoms with van der Waals surface area (Å²) in [7, 11) is 1.56. The minimum atomic E-state index is -0.261. The molecule has 216 valence electrons. The topological polar surface area (TPSA) is 106 Å². The first-order valence-electron chi connectivity index (χ1n) is 13.5. The van der Waals surface area contributed by atoms with Crippen LogP contribution in [-0.2, 0) is 22.6 Å². The van der Waals surface area contributed by atoms with E-state index in [-0.39, 0.29) is 30.6 Å². The molecule has 9 nitrogen and oxygen atoms in total. The van der Waals surface area contributed by atoms with Crippen LogP contribution in [0.3, 0.4) is 0 Å². The first-order chi connectivity index (χ1) is 19.1. The van der Waals surface area contributed by atoms with Gasteiger partial charge in [0.25, 0.3) is 5.91 Å². The summed E-state index contributed by atoms with van der Waals surface area (Å²) in [5.41, 5.74) is 3.27. The number of nitrogens with one attached hydrogen (secondary N) is 1. The van der Waals surface area contributed by atoms with E-state index in [0.29, 0.717) is 42.2 Å². The van der Waals surface area contributed by atoms with Gasteiger partial charge in [0.15, 0.2) is 0 Å². The molecule has 40 heavy (non-hydrogen) atoms. The van der Waals surface area contributed by atoms with E-state index in [4.69, 9.17) is 26.2 Å². The van der Waals surface area contributed by atoms with E-state index in [1.807, 2.05) is 51.2 Å². The molecule has 0 aliphatic carbocycles. The summed E-state index contributed by atoms with van der Waals surface area (Å²) >= 11 is 6.31. The molecule has 0 saturated heterocycles. The van der Waals surface area contributed by atoms with Crippen molar-refractivity contribution >= 4 is 23.9 Å². The summed E-state index contributed by atoms with van der Waals surface area (Å²) in [6.45, 7) is 8.93. The van der Waals surface area contributed by atoms with Crippen LogP contribution < -0.4 is 10.1 Å². The molecule has 10 heteroatoms. The third-order valence-corrected chi connectivity index (χ3v) is 6.66. The Bertz CT molecular complexity index is 1260. The van der Waals surface area contributed by atoms with Gasteiger partial charge in [0.2, 0.25) is 6.41 Å². The Hall–Kier alpha value is -3.40. The zero-order valence-corrected chi connectivity index (χ0v) is 24.5. The number of nitrogens with zero attached hydrogens (tertiary/aromatic N) is 3. The van der Waals surface area contributed by atoms with Gasteiger partial charge in [-0.1, -0.05) is 42.8 Å². The van der Waals surface area contributed by atoms with Crippen molar-refractivity contribution in [3.8, 4) is 17.0 Å². The fraction of sp³-hybridized carbons (Fsp3) is 0.433. The molecule has 2 amide bonds. The first-order valence-corrected chi connectivity index (χ1v) is 13.9. The number of amides is 2. The van der Waals surface area contributed by atoms with Crippen molar-refractivity contribution in [2.24, 2.45) is 0 Å². The van der Waals surface area contributed by atoms with Gasteiger partial charge in [0, 0.05) is 49.5 Å². The number of hydrogen-bond donors (Lipinski definition) is 2. The van der Waals surface area contributed by atoms with E-state index < -0.39 is 0 Å². The summed E-state index contributed by atoms with van der Waals surface area (Å²) < 4.78 is 7.73. The standard InChI is InChI=1S/C30H39ClN4O5/c1-6-35-17-27(33-29(35)21(4)18-39-34(5)19-37)23-9-7-22(8-10-23)15-25(13-14-36)32-30(38)24-11-12-28(26(31)16-24)40-20(2)3/h7-12,16-17,19-21,25,36H,6,13-15,18H2,1-5H3,(H,32,38)/t21-,25+/m0/s1. The number of aliphatic hydroxyl groups excluding tert-OH is 1. The Labute approximate surface area is 241 Å². The van der Waals surface area contributed by atoms with Crippen molar-refractivity contribution < 1.29 is 24.3 Å². The molecule has 1 heterocycles. The molecule has 0 fully saturated rings. The number of benzene rings is 2. The van der Waals surface area contributed by atoms with Crippen LogP contribution in [0.4, 0.5) is 0 Å². The second kappa shape index (κ2) is 14.8. The Morgan fingerprint density at radius 3 is 2.52 bits per heavy atom. The lowest BCUT2D eigenvalue weighted by Crippen LogP contribution is -2.37. The van der Waals surface area contributed by atoms with Gasteiger partial charge in [-0.3, -0.25) is 14.4 Å². The summed E-state index contributed by atoms with van der Waals surface area (Å²) in [5, 5.41) is 14.1. The van der Waals surface area contributed by atoms with Crippen LogP contribution in [0.5, 0.6) is 5.75 Å². The van der Waals surface area contributed by atoms with E-state index in [0.717, 1.165) is 34.3 Å². The third kappa shape index (κ3) is 8.55. The average molecular weight is 571 g/mol. The van der Waals surface area contributed by atoms with Crippen LogP contribution in [0, 0.1) is 0 Å². The molecule has 1 aromatic heterocycles. The number of hydroxylamine groups is 2. The fourth-order valence-corrected chi connectivity index (χ4v) is 4.51.